The smallest absolute Gasteiger partial charge is 0.128 e. The van der Waals surface area contributed by atoms with Gasteiger partial charge in [0, 0.05) is 25.8 Å². The summed E-state index contributed by atoms with van der Waals surface area (Å²) >= 11 is 0. The van der Waals surface area contributed by atoms with E-state index in [0.29, 0.717) is 5.92 Å². The second-order valence-corrected chi connectivity index (χ2v) is 7.11. The fourth-order valence-electron chi connectivity index (χ4n) is 2.25. The van der Waals surface area contributed by atoms with E-state index >= 15 is 0 Å². The molecular formula is C17H31N3. The van der Waals surface area contributed by atoms with Crippen LogP contribution in [0.25, 0.3) is 0 Å². The zero-order chi connectivity index (χ0) is 15.3. The third-order valence-electron chi connectivity index (χ3n) is 3.16. The quantitative estimate of drug-likeness (QED) is 0.857. The van der Waals surface area contributed by atoms with Gasteiger partial charge in [0.05, 0.1) is 0 Å². The van der Waals surface area contributed by atoms with Crippen LogP contribution >= 0.6 is 0 Å². The van der Waals surface area contributed by atoms with Crippen molar-refractivity contribution in [2.75, 3.05) is 25.0 Å². The van der Waals surface area contributed by atoms with Gasteiger partial charge in [0.1, 0.15) is 5.82 Å². The molecule has 20 heavy (non-hydrogen) atoms. The molecule has 3 nitrogen and oxygen atoms in total. The Hall–Kier alpha value is -1.09. The molecule has 0 radical (unpaired) electrons. The van der Waals surface area contributed by atoms with Crippen molar-refractivity contribution in [2.24, 2.45) is 5.41 Å². The fourth-order valence-corrected chi connectivity index (χ4v) is 2.25. The highest BCUT2D eigenvalue weighted by molar-refractivity contribution is 5.42. The first-order valence-corrected chi connectivity index (χ1v) is 7.65. The summed E-state index contributed by atoms with van der Waals surface area (Å²) in [5.41, 5.74) is 2.77. The molecule has 0 aliphatic carbocycles. The predicted molar refractivity (Wildman–Crippen MR) is 88.4 cm³/mol. The van der Waals surface area contributed by atoms with Gasteiger partial charge in [-0.1, -0.05) is 41.5 Å². The first-order chi connectivity index (χ1) is 9.23. The van der Waals surface area contributed by atoms with E-state index in [1.807, 2.05) is 0 Å². The number of anilines is 1. The highest BCUT2D eigenvalue weighted by Gasteiger charge is 2.16. The van der Waals surface area contributed by atoms with Crippen molar-refractivity contribution >= 4 is 5.82 Å². The van der Waals surface area contributed by atoms with E-state index in [-0.39, 0.29) is 5.41 Å². The molecule has 3 heteroatoms. The Morgan fingerprint density at radius 1 is 1.25 bits per heavy atom. The Morgan fingerprint density at radius 2 is 1.90 bits per heavy atom. The standard InChI is InChI=1S/C17H31N3/c1-8-18-11-14-9-15(13(2)3)19-16(10-14)20(7)12-17(4,5)6/h9-10,13,18H,8,11-12H2,1-7H3. The Morgan fingerprint density at radius 3 is 2.40 bits per heavy atom. The van der Waals surface area contributed by atoms with Gasteiger partial charge in [0.15, 0.2) is 0 Å². The molecule has 1 aromatic heterocycles. The van der Waals surface area contributed by atoms with E-state index in [0.717, 1.165) is 25.5 Å². The molecule has 0 bridgehead atoms. The zero-order valence-corrected chi connectivity index (χ0v) is 14.2. The van der Waals surface area contributed by atoms with Crippen molar-refractivity contribution in [1.29, 1.82) is 0 Å². The molecule has 0 spiro atoms. The summed E-state index contributed by atoms with van der Waals surface area (Å²) in [6, 6.07) is 4.43. The van der Waals surface area contributed by atoms with Gasteiger partial charge in [-0.05, 0) is 35.6 Å². The molecule has 114 valence electrons. The average Bonchev–Trinajstić information content (AvgIpc) is 2.33. The van der Waals surface area contributed by atoms with Gasteiger partial charge < -0.3 is 10.2 Å². The van der Waals surface area contributed by atoms with Crippen LogP contribution in [0.2, 0.25) is 0 Å². The number of hydrogen-bond donors (Lipinski definition) is 1. The third-order valence-corrected chi connectivity index (χ3v) is 3.16. The van der Waals surface area contributed by atoms with Crippen LogP contribution in [0, 0.1) is 5.41 Å². The monoisotopic (exact) mass is 277 g/mol. The Kier molecular flexibility index (Phi) is 6.00. The Balaban J connectivity index is 3.01. The van der Waals surface area contributed by atoms with Gasteiger partial charge in [-0.3, -0.25) is 0 Å². The minimum absolute atomic E-state index is 0.270. The largest absolute Gasteiger partial charge is 0.359 e. The molecule has 0 saturated carbocycles. The number of nitrogens with zero attached hydrogens (tertiary/aromatic N) is 2. The van der Waals surface area contributed by atoms with Crippen molar-refractivity contribution in [2.45, 2.75) is 54.0 Å². The Bertz CT molecular complexity index is 419. The molecule has 1 rings (SSSR count). The maximum absolute atomic E-state index is 4.82. The first kappa shape index (κ1) is 17.0. The molecule has 0 unspecified atom stereocenters. The highest BCUT2D eigenvalue weighted by atomic mass is 15.2. The number of pyridine rings is 1. The van der Waals surface area contributed by atoms with Gasteiger partial charge in [-0.15, -0.1) is 0 Å². The molecule has 1 N–H and O–H groups in total. The fraction of sp³-hybridized carbons (Fsp3) is 0.706. The average molecular weight is 277 g/mol. The van der Waals surface area contributed by atoms with Gasteiger partial charge in [-0.25, -0.2) is 4.98 Å². The topological polar surface area (TPSA) is 28.2 Å². The van der Waals surface area contributed by atoms with E-state index in [1.54, 1.807) is 0 Å². The van der Waals surface area contributed by atoms with Crippen molar-refractivity contribution in [3.8, 4) is 0 Å². The molecule has 0 fully saturated rings. The summed E-state index contributed by atoms with van der Waals surface area (Å²) in [6.45, 7) is 16.2. The lowest BCUT2D eigenvalue weighted by Gasteiger charge is -2.28. The summed E-state index contributed by atoms with van der Waals surface area (Å²) in [5, 5.41) is 3.40. The maximum atomic E-state index is 4.82. The number of aromatic nitrogens is 1. The summed E-state index contributed by atoms with van der Waals surface area (Å²) in [5.74, 6) is 1.54. The second kappa shape index (κ2) is 7.07. The normalized spacial score (nSPS) is 12.0. The zero-order valence-electron chi connectivity index (χ0n) is 14.2. The molecular weight excluding hydrogens is 246 g/mol. The molecule has 1 heterocycles. The van der Waals surface area contributed by atoms with E-state index < -0.39 is 0 Å². The molecule has 0 aromatic carbocycles. The van der Waals surface area contributed by atoms with Crippen LogP contribution in [0.4, 0.5) is 5.82 Å². The van der Waals surface area contributed by atoms with Crippen LogP contribution in [0.3, 0.4) is 0 Å². The summed E-state index contributed by atoms with van der Waals surface area (Å²) in [7, 11) is 2.13. The van der Waals surface area contributed by atoms with Crippen LogP contribution in [0.5, 0.6) is 0 Å². The maximum Gasteiger partial charge on any atom is 0.128 e. The second-order valence-electron chi connectivity index (χ2n) is 7.11. The first-order valence-electron chi connectivity index (χ1n) is 7.65. The van der Waals surface area contributed by atoms with Crippen LogP contribution in [-0.2, 0) is 6.54 Å². The molecule has 0 amide bonds. The molecule has 1 aromatic rings. The summed E-state index contributed by atoms with van der Waals surface area (Å²) in [6.07, 6.45) is 0. The van der Waals surface area contributed by atoms with Crippen molar-refractivity contribution in [3.63, 3.8) is 0 Å². The molecule has 0 atom stereocenters. The number of rotatable bonds is 6. The lowest BCUT2D eigenvalue weighted by atomic mass is 9.96. The molecule has 0 saturated heterocycles. The predicted octanol–water partition coefficient (Wildman–Crippen LogP) is 3.80. The van der Waals surface area contributed by atoms with Crippen molar-refractivity contribution in [1.82, 2.24) is 10.3 Å². The molecule has 0 aliphatic heterocycles. The highest BCUT2D eigenvalue weighted by Crippen LogP contribution is 2.23. The van der Waals surface area contributed by atoms with E-state index in [4.69, 9.17) is 4.98 Å². The Labute approximate surface area is 124 Å². The SMILES string of the molecule is CCNCc1cc(C(C)C)nc(N(C)CC(C)(C)C)c1. The lowest BCUT2D eigenvalue weighted by Crippen LogP contribution is -2.30. The van der Waals surface area contributed by atoms with Gasteiger partial charge in [0.25, 0.3) is 0 Å². The van der Waals surface area contributed by atoms with Crippen LogP contribution in [0.1, 0.15) is 58.7 Å². The number of hydrogen-bond acceptors (Lipinski definition) is 3. The third kappa shape index (κ3) is 5.49. The summed E-state index contributed by atoms with van der Waals surface area (Å²) in [4.78, 5) is 7.09. The van der Waals surface area contributed by atoms with Crippen molar-refractivity contribution < 1.29 is 0 Å². The summed E-state index contributed by atoms with van der Waals surface area (Å²) < 4.78 is 0. The minimum atomic E-state index is 0.270. The lowest BCUT2D eigenvalue weighted by molar-refractivity contribution is 0.417. The van der Waals surface area contributed by atoms with E-state index in [9.17, 15) is 0 Å². The van der Waals surface area contributed by atoms with Crippen LogP contribution in [-0.4, -0.2) is 25.1 Å². The van der Waals surface area contributed by atoms with Crippen molar-refractivity contribution in [3.05, 3.63) is 23.4 Å². The van der Waals surface area contributed by atoms with E-state index in [2.05, 4.69) is 70.9 Å². The van der Waals surface area contributed by atoms with Gasteiger partial charge in [-0.2, -0.15) is 0 Å². The number of nitrogens with one attached hydrogen (secondary N) is 1. The van der Waals surface area contributed by atoms with E-state index in [1.165, 1.54) is 11.3 Å². The van der Waals surface area contributed by atoms with Gasteiger partial charge in [0.2, 0.25) is 0 Å². The molecule has 0 aliphatic rings. The minimum Gasteiger partial charge on any atom is -0.359 e. The van der Waals surface area contributed by atoms with Crippen LogP contribution in [0.15, 0.2) is 12.1 Å². The van der Waals surface area contributed by atoms with Gasteiger partial charge >= 0.3 is 0 Å². The van der Waals surface area contributed by atoms with Crippen LogP contribution < -0.4 is 10.2 Å².